The second kappa shape index (κ2) is 8.60. The predicted molar refractivity (Wildman–Crippen MR) is 110 cm³/mol. The SMILES string of the molecule is COCCNC(=O)C(=O)Nc1[nH]n(C2CCCCCC2)c2c1cnc1nccc12. The number of anilines is 1. The zero-order valence-electron chi connectivity index (χ0n) is 16.5. The number of aromatic nitrogens is 4. The summed E-state index contributed by atoms with van der Waals surface area (Å²) in [5.74, 6) is -0.945. The molecule has 1 fully saturated rings. The van der Waals surface area contributed by atoms with Gasteiger partial charge in [-0.25, -0.2) is 9.97 Å². The summed E-state index contributed by atoms with van der Waals surface area (Å²) in [5, 5.41) is 10.3. The van der Waals surface area contributed by atoms with Gasteiger partial charge in [0.1, 0.15) is 5.82 Å². The van der Waals surface area contributed by atoms with Crippen LogP contribution >= 0.6 is 0 Å². The first-order valence-electron chi connectivity index (χ1n) is 10.1. The van der Waals surface area contributed by atoms with E-state index >= 15 is 0 Å². The highest BCUT2D eigenvalue weighted by atomic mass is 16.5. The van der Waals surface area contributed by atoms with Gasteiger partial charge in [-0.1, -0.05) is 25.7 Å². The largest absolute Gasteiger partial charge is 0.383 e. The highest BCUT2D eigenvalue weighted by Crippen LogP contribution is 2.35. The van der Waals surface area contributed by atoms with Crippen LogP contribution in [0.5, 0.6) is 0 Å². The second-order valence-electron chi connectivity index (χ2n) is 7.41. The second-order valence-corrected chi connectivity index (χ2v) is 7.41. The van der Waals surface area contributed by atoms with Gasteiger partial charge in [-0.05, 0) is 18.9 Å². The molecule has 0 spiro atoms. The number of carbonyl (C=O) groups excluding carboxylic acids is 2. The molecule has 2 amide bonds. The summed E-state index contributed by atoms with van der Waals surface area (Å²) in [6.45, 7) is 0.621. The maximum Gasteiger partial charge on any atom is 0.314 e. The predicted octanol–water partition coefficient (Wildman–Crippen LogP) is 2.51. The normalized spacial score (nSPS) is 15.5. The molecule has 1 aliphatic rings. The lowest BCUT2D eigenvalue weighted by Crippen LogP contribution is -2.37. The number of fused-ring (bicyclic) bond motifs is 3. The minimum atomic E-state index is -0.724. The van der Waals surface area contributed by atoms with Crippen LogP contribution in [0.2, 0.25) is 0 Å². The first-order valence-corrected chi connectivity index (χ1v) is 10.1. The number of nitrogens with one attached hydrogen (secondary N) is 3. The molecule has 3 heterocycles. The molecule has 0 atom stereocenters. The fourth-order valence-electron chi connectivity index (χ4n) is 4.03. The Morgan fingerprint density at radius 3 is 2.72 bits per heavy atom. The van der Waals surface area contributed by atoms with E-state index in [4.69, 9.17) is 4.74 Å². The van der Waals surface area contributed by atoms with E-state index in [0.29, 0.717) is 24.1 Å². The summed E-state index contributed by atoms with van der Waals surface area (Å²) in [7, 11) is 1.54. The molecule has 154 valence electrons. The molecule has 0 aromatic carbocycles. The molecule has 0 saturated heterocycles. The first-order chi connectivity index (χ1) is 14.2. The average molecular weight is 398 g/mol. The van der Waals surface area contributed by atoms with Gasteiger partial charge in [0.05, 0.1) is 23.6 Å². The van der Waals surface area contributed by atoms with E-state index in [2.05, 4.69) is 30.4 Å². The van der Waals surface area contributed by atoms with Crippen LogP contribution in [0, 0.1) is 0 Å². The minimum absolute atomic E-state index is 0.275. The lowest BCUT2D eigenvalue weighted by atomic mass is 10.1. The standard InChI is InChI=1S/C20H26N6O3/c1-29-11-10-22-19(27)20(28)24-18-15-12-23-17-14(8-9-21-17)16(15)26(25-18)13-6-4-2-3-5-7-13/h8-9,12-13,25H,2-7,10-11H2,1H3,(H,22,27)(H,24,28). The van der Waals surface area contributed by atoms with E-state index in [9.17, 15) is 9.59 Å². The smallest absolute Gasteiger partial charge is 0.314 e. The van der Waals surface area contributed by atoms with Crippen LogP contribution < -0.4 is 10.6 Å². The highest BCUT2D eigenvalue weighted by Gasteiger charge is 2.23. The van der Waals surface area contributed by atoms with Crippen molar-refractivity contribution in [3.05, 3.63) is 18.5 Å². The molecule has 0 bridgehead atoms. The summed E-state index contributed by atoms with van der Waals surface area (Å²) < 4.78 is 7.02. The zero-order chi connectivity index (χ0) is 20.2. The number of amides is 2. The fraction of sp³-hybridized carbons (Fsp3) is 0.500. The number of ether oxygens (including phenoxy) is 1. The molecule has 3 aromatic rings. The van der Waals surface area contributed by atoms with Crippen LogP contribution in [0.1, 0.15) is 44.6 Å². The van der Waals surface area contributed by atoms with E-state index in [1.807, 2.05) is 6.07 Å². The lowest BCUT2D eigenvalue weighted by molar-refractivity contribution is -0.136. The number of hydrogen-bond acceptors (Lipinski definition) is 5. The molecule has 4 rings (SSSR count). The van der Waals surface area contributed by atoms with Crippen LogP contribution in [-0.2, 0) is 14.3 Å². The van der Waals surface area contributed by atoms with E-state index in [1.165, 1.54) is 32.8 Å². The fourth-order valence-corrected chi connectivity index (χ4v) is 4.03. The third-order valence-electron chi connectivity index (χ3n) is 5.47. The first kappa shape index (κ1) is 19.4. The molecular formula is C20H26N6O3. The zero-order valence-corrected chi connectivity index (χ0v) is 16.5. The molecular weight excluding hydrogens is 372 g/mol. The van der Waals surface area contributed by atoms with Crippen molar-refractivity contribution in [2.75, 3.05) is 25.6 Å². The van der Waals surface area contributed by atoms with Gasteiger partial charge in [-0.3, -0.25) is 19.4 Å². The van der Waals surface area contributed by atoms with Crippen molar-refractivity contribution in [1.29, 1.82) is 0 Å². The number of aromatic amines is 1. The molecule has 3 aromatic heterocycles. The third kappa shape index (κ3) is 3.95. The topological polar surface area (TPSA) is 114 Å². The third-order valence-corrected chi connectivity index (χ3v) is 5.47. The number of nitrogens with zero attached hydrogens (tertiary/aromatic N) is 3. The van der Waals surface area contributed by atoms with Gasteiger partial charge in [0.15, 0.2) is 5.65 Å². The molecule has 9 nitrogen and oxygen atoms in total. The maximum atomic E-state index is 12.4. The number of carbonyl (C=O) groups is 2. The lowest BCUT2D eigenvalue weighted by Gasteiger charge is -2.17. The summed E-state index contributed by atoms with van der Waals surface area (Å²) in [6.07, 6.45) is 10.4. The van der Waals surface area contributed by atoms with Crippen molar-refractivity contribution in [2.45, 2.75) is 44.6 Å². The molecule has 1 aliphatic carbocycles. The van der Waals surface area contributed by atoms with E-state index in [0.717, 1.165) is 29.1 Å². The van der Waals surface area contributed by atoms with Crippen molar-refractivity contribution in [2.24, 2.45) is 0 Å². The van der Waals surface area contributed by atoms with Crippen molar-refractivity contribution in [3.63, 3.8) is 0 Å². The Hall–Kier alpha value is -2.94. The van der Waals surface area contributed by atoms with Crippen LogP contribution in [0.3, 0.4) is 0 Å². The molecule has 9 heteroatoms. The quantitative estimate of drug-likeness (QED) is 0.347. The molecule has 29 heavy (non-hydrogen) atoms. The van der Waals surface area contributed by atoms with Gasteiger partial charge in [-0.15, -0.1) is 0 Å². The molecule has 0 aliphatic heterocycles. The van der Waals surface area contributed by atoms with Gasteiger partial charge in [0, 0.05) is 31.4 Å². The Morgan fingerprint density at radius 1 is 1.17 bits per heavy atom. The monoisotopic (exact) mass is 398 g/mol. The van der Waals surface area contributed by atoms with Crippen LogP contribution in [0.15, 0.2) is 18.5 Å². The molecule has 3 N–H and O–H groups in total. The number of rotatable bonds is 5. The minimum Gasteiger partial charge on any atom is -0.383 e. The van der Waals surface area contributed by atoms with Crippen molar-refractivity contribution in [3.8, 4) is 0 Å². The Bertz CT molecular complexity index is 1020. The molecule has 0 radical (unpaired) electrons. The molecule has 0 unspecified atom stereocenters. The van der Waals surface area contributed by atoms with Crippen LogP contribution in [-0.4, -0.2) is 51.8 Å². The van der Waals surface area contributed by atoms with E-state index < -0.39 is 11.8 Å². The number of hydrogen-bond donors (Lipinski definition) is 3. The maximum absolute atomic E-state index is 12.4. The number of methoxy groups -OCH3 is 1. The van der Waals surface area contributed by atoms with Gasteiger partial charge in [-0.2, -0.15) is 0 Å². The summed E-state index contributed by atoms with van der Waals surface area (Å²) >= 11 is 0. The highest BCUT2D eigenvalue weighted by molar-refractivity contribution is 6.40. The van der Waals surface area contributed by atoms with Crippen LogP contribution in [0.4, 0.5) is 5.82 Å². The Balaban J connectivity index is 1.69. The van der Waals surface area contributed by atoms with Crippen molar-refractivity contribution < 1.29 is 14.3 Å². The van der Waals surface area contributed by atoms with Gasteiger partial charge in [0.2, 0.25) is 0 Å². The summed E-state index contributed by atoms with van der Waals surface area (Å²) in [6, 6.07) is 2.25. The average Bonchev–Trinajstić information content (AvgIpc) is 3.24. The van der Waals surface area contributed by atoms with E-state index in [-0.39, 0.29) is 6.54 Å². The number of H-pyrrole nitrogens is 1. The molecule has 1 saturated carbocycles. The van der Waals surface area contributed by atoms with E-state index in [1.54, 1.807) is 12.4 Å². The summed E-state index contributed by atoms with van der Waals surface area (Å²) in [5.41, 5.74) is 1.64. The summed E-state index contributed by atoms with van der Waals surface area (Å²) in [4.78, 5) is 33.2. The van der Waals surface area contributed by atoms with Gasteiger partial charge >= 0.3 is 11.8 Å². The Labute approximate surface area is 168 Å². The van der Waals surface area contributed by atoms with Crippen molar-refractivity contribution >= 4 is 39.6 Å². The van der Waals surface area contributed by atoms with Crippen LogP contribution in [0.25, 0.3) is 21.9 Å². The van der Waals surface area contributed by atoms with Gasteiger partial charge in [0.25, 0.3) is 0 Å². The Morgan fingerprint density at radius 2 is 1.97 bits per heavy atom. The number of pyridine rings is 1. The Kier molecular flexibility index (Phi) is 5.75. The van der Waals surface area contributed by atoms with Gasteiger partial charge < -0.3 is 15.4 Å². The van der Waals surface area contributed by atoms with Crippen molar-refractivity contribution in [1.82, 2.24) is 25.1 Å².